The summed E-state index contributed by atoms with van der Waals surface area (Å²) in [5.74, 6) is 2.70. The predicted molar refractivity (Wildman–Crippen MR) is 169 cm³/mol. The minimum atomic E-state index is -4.06. The van der Waals surface area contributed by atoms with Gasteiger partial charge in [-0.2, -0.15) is 0 Å². The third-order valence-electron chi connectivity index (χ3n) is 6.25. The molecule has 8 nitrogen and oxygen atoms in total. The molecule has 0 aliphatic carbocycles. The first-order valence-electron chi connectivity index (χ1n) is 14.0. The molecule has 230 valence electrons. The Labute approximate surface area is 277 Å². The molecule has 11 heteroatoms. The number of ether oxygens (including phenoxy) is 2. The van der Waals surface area contributed by atoms with Gasteiger partial charge in [-0.3, -0.25) is 9.13 Å². The van der Waals surface area contributed by atoms with Crippen LogP contribution in [0.3, 0.4) is 0 Å². The third kappa shape index (κ3) is 13.8. The fourth-order valence-electron chi connectivity index (χ4n) is 4.47. The van der Waals surface area contributed by atoms with Gasteiger partial charge in [-0.25, -0.2) is 0 Å². The quantitative estimate of drug-likeness (QED) is 0.137. The van der Waals surface area contributed by atoms with Gasteiger partial charge in [0.2, 0.25) is 0 Å². The summed E-state index contributed by atoms with van der Waals surface area (Å²) in [5, 5.41) is 0. The number of hydrogen-bond acceptors (Lipinski definition) is 4. The number of hydrogen-bond donors (Lipinski definition) is 4. The van der Waals surface area contributed by atoms with Crippen LogP contribution in [-0.2, 0) is 21.5 Å². The molecule has 0 aromatic heterocycles. The molecule has 0 amide bonds. The van der Waals surface area contributed by atoms with E-state index < -0.39 is 15.2 Å². The molecule has 0 aliphatic heterocycles. The van der Waals surface area contributed by atoms with Crippen molar-refractivity contribution in [3.8, 4) is 11.5 Å². The van der Waals surface area contributed by atoms with E-state index in [1.54, 1.807) is 0 Å². The maximum Gasteiger partial charge on any atom is 0.329 e. The van der Waals surface area contributed by atoms with Gasteiger partial charge < -0.3 is 29.0 Å². The Balaban J connectivity index is 0.000000762. The molecule has 4 N–H and O–H groups in total. The maximum absolute atomic E-state index is 11.2. The summed E-state index contributed by atoms with van der Waals surface area (Å²) in [6.45, 7) is 21.5. The maximum atomic E-state index is 11.2. The summed E-state index contributed by atoms with van der Waals surface area (Å²) < 4.78 is 34.0. The van der Waals surface area contributed by atoms with E-state index in [1.165, 1.54) is 0 Å². The summed E-state index contributed by atoms with van der Waals surface area (Å²) in [7, 11) is -8.12. The van der Waals surface area contributed by atoms with Crippen molar-refractivity contribution in [3.63, 3.8) is 0 Å². The first-order valence-corrected chi connectivity index (χ1v) is 17.6. The Morgan fingerprint density at radius 3 is 0.927 bits per heavy atom. The minimum absolute atomic E-state index is 0. The molecule has 2 aromatic rings. The molecule has 0 saturated heterocycles. The Morgan fingerprint density at radius 1 is 0.561 bits per heavy atom. The first-order chi connectivity index (χ1) is 18.3. The van der Waals surface area contributed by atoms with Crippen LogP contribution in [0, 0.1) is 0 Å². The van der Waals surface area contributed by atoms with Crippen LogP contribution in [0.15, 0.2) is 24.3 Å². The largest absolute Gasteiger partial charge is 0.493 e. The summed E-state index contributed by atoms with van der Waals surface area (Å²) >= 11 is 0. The van der Waals surface area contributed by atoms with Crippen molar-refractivity contribution in [3.05, 3.63) is 57.6 Å². The fourth-order valence-corrected chi connectivity index (χ4v) is 5.79. The molecule has 0 spiro atoms. The van der Waals surface area contributed by atoms with Crippen LogP contribution >= 0.6 is 15.2 Å². The topological polar surface area (TPSA) is 134 Å². The molecule has 0 bridgehead atoms. The number of benzene rings is 2. The average Bonchev–Trinajstić information content (AvgIpc) is 2.78. The smallest absolute Gasteiger partial charge is 0.329 e. The SMILES string of the molecule is CCOc1c(C(C)C)cc(CP(=O)(O)O)cc1C(C)C.CCOc1c(C(C)C)cc(CP(=O)(O)O)cc1C(C)C.[Ca]. The summed E-state index contributed by atoms with van der Waals surface area (Å²) in [5.41, 5.74) is 5.41. The van der Waals surface area contributed by atoms with Gasteiger partial charge in [0, 0.05) is 37.7 Å². The van der Waals surface area contributed by atoms with Crippen LogP contribution in [0.4, 0.5) is 0 Å². The molecule has 2 radical (unpaired) electrons. The van der Waals surface area contributed by atoms with E-state index in [1.807, 2.05) is 38.1 Å². The third-order valence-corrected chi connectivity index (χ3v) is 7.81. The van der Waals surface area contributed by atoms with Crippen LogP contribution in [0.1, 0.15) is 126 Å². The molecule has 41 heavy (non-hydrogen) atoms. The zero-order valence-electron chi connectivity index (χ0n) is 26.5. The van der Waals surface area contributed by atoms with E-state index >= 15 is 0 Å². The Bertz CT molecular complexity index is 1050. The van der Waals surface area contributed by atoms with Gasteiger partial charge in [0.05, 0.1) is 25.5 Å². The van der Waals surface area contributed by atoms with E-state index in [9.17, 15) is 28.7 Å². The molecular weight excluding hydrogens is 590 g/mol. The summed E-state index contributed by atoms with van der Waals surface area (Å²) in [4.78, 5) is 36.7. The Morgan fingerprint density at radius 2 is 0.780 bits per heavy atom. The molecule has 2 rings (SSSR count). The second kappa shape index (κ2) is 17.8. The second-order valence-electron chi connectivity index (χ2n) is 11.3. The molecule has 0 unspecified atom stereocenters. The normalized spacial score (nSPS) is 12.0. The van der Waals surface area contributed by atoms with Crippen molar-refractivity contribution < 1.29 is 38.2 Å². The van der Waals surface area contributed by atoms with E-state index in [2.05, 4.69) is 55.4 Å². The van der Waals surface area contributed by atoms with Gasteiger partial charge in [-0.05, 0) is 70.9 Å². The van der Waals surface area contributed by atoms with E-state index in [0.717, 1.165) is 33.8 Å². The van der Waals surface area contributed by atoms with E-state index in [4.69, 9.17) is 9.47 Å². The Kier molecular flexibility index (Phi) is 17.6. The predicted octanol–water partition coefficient (Wildman–Crippen LogP) is 7.64. The van der Waals surface area contributed by atoms with Crippen LogP contribution in [0.25, 0.3) is 0 Å². The van der Waals surface area contributed by atoms with Gasteiger partial charge in [0.15, 0.2) is 0 Å². The van der Waals surface area contributed by atoms with E-state index in [0.29, 0.717) is 24.3 Å². The van der Waals surface area contributed by atoms with Crippen molar-refractivity contribution in [1.82, 2.24) is 0 Å². The molecule has 0 heterocycles. The molecule has 0 fully saturated rings. The van der Waals surface area contributed by atoms with Crippen molar-refractivity contribution in [1.29, 1.82) is 0 Å². The molecule has 0 saturated carbocycles. The van der Waals surface area contributed by atoms with Gasteiger partial charge in [-0.1, -0.05) is 79.7 Å². The Hall–Kier alpha value is -0.400. The van der Waals surface area contributed by atoms with Crippen molar-refractivity contribution in [2.75, 3.05) is 13.2 Å². The van der Waals surface area contributed by atoms with Gasteiger partial charge in [0.25, 0.3) is 0 Å². The average molecular weight is 641 g/mol. The van der Waals surface area contributed by atoms with Crippen molar-refractivity contribution in [2.45, 2.75) is 105 Å². The molecular formula is C30H50CaO8P2. The number of rotatable bonds is 12. The van der Waals surface area contributed by atoms with Crippen LogP contribution < -0.4 is 9.47 Å². The van der Waals surface area contributed by atoms with Gasteiger partial charge in [-0.15, -0.1) is 0 Å². The zero-order chi connectivity index (χ0) is 31.0. The van der Waals surface area contributed by atoms with Crippen LogP contribution in [0.5, 0.6) is 11.5 Å². The molecule has 0 aliphatic rings. The standard InChI is InChI=1S/2C15H25O4P.Ca/c2*1-6-19-15-13(10(2)3)7-12(9-20(16,17)18)8-14(15)11(4)5;/h2*7-8,10-11H,6,9H2,1-5H3,(H2,16,17,18);. The first kappa shape index (κ1) is 40.6. The van der Waals surface area contributed by atoms with E-state index in [-0.39, 0.29) is 73.7 Å². The van der Waals surface area contributed by atoms with Crippen LogP contribution in [0.2, 0.25) is 0 Å². The van der Waals surface area contributed by atoms with Crippen molar-refractivity contribution in [2.24, 2.45) is 0 Å². The fraction of sp³-hybridized carbons (Fsp3) is 0.600. The second-order valence-corrected chi connectivity index (χ2v) is 14.6. The molecule has 2 aromatic carbocycles. The monoisotopic (exact) mass is 640 g/mol. The van der Waals surface area contributed by atoms with Crippen molar-refractivity contribution >= 4 is 52.9 Å². The molecule has 0 atom stereocenters. The summed E-state index contributed by atoms with van der Waals surface area (Å²) in [6.07, 6.45) is -0.447. The van der Waals surface area contributed by atoms with Gasteiger partial charge in [0.1, 0.15) is 11.5 Å². The van der Waals surface area contributed by atoms with Crippen LogP contribution in [-0.4, -0.2) is 70.5 Å². The zero-order valence-corrected chi connectivity index (χ0v) is 30.5. The minimum Gasteiger partial charge on any atom is -0.493 e. The van der Waals surface area contributed by atoms with Gasteiger partial charge >= 0.3 is 15.2 Å². The summed E-state index contributed by atoms with van der Waals surface area (Å²) in [6, 6.07) is 7.45.